The molecule has 2 amide bonds. The van der Waals surface area contributed by atoms with Gasteiger partial charge in [-0.2, -0.15) is 0 Å². The standard InChI is InChI=1S/C14H27N3O2/c1-10(2)8-16-12(18)9-17-13(19)14(15)6-4-5-11(3)7-14/h10-11H,4-9,15H2,1-3H3,(H,16,18)(H,17,19). The summed E-state index contributed by atoms with van der Waals surface area (Å²) in [7, 11) is 0. The first-order chi connectivity index (χ1) is 8.83. The van der Waals surface area contributed by atoms with Crippen molar-refractivity contribution >= 4 is 11.8 Å². The Bertz CT molecular complexity index is 331. The molecular weight excluding hydrogens is 242 g/mol. The second-order valence-corrected chi connectivity index (χ2v) is 6.24. The molecule has 0 aromatic heterocycles. The predicted molar refractivity (Wildman–Crippen MR) is 75.4 cm³/mol. The first kappa shape index (κ1) is 16.0. The van der Waals surface area contributed by atoms with Crippen LogP contribution in [0.25, 0.3) is 0 Å². The summed E-state index contributed by atoms with van der Waals surface area (Å²) >= 11 is 0. The SMILES string of the molecule is CC(C)CNC(=O)CNC(=O)C1(N)CCCC(C)C1. The molecule has 1 saturated carbocycles. The molecule has 4 N–H and O–H groups in total. The summed E-state index contributed by atoms with van der Waals surface area (Å²) in [6.45, 7) is 6.80. The fraction of sp³-hybridized carbons (Fsp3) is 0.857. The molecule has 2 atom stereocenters. The average Bonchev–Trinajstić information content (AvgIpc) is 2.33. The molecule has 0 aliphatic heterocycles. The lowest BCUT2D eigenvalue weighted by atomic mass is 9.76. The van der Waals surface area contributed by atoms with Gasteiger partial charge in [0.1, 0.15) is 0 Å². The molecule has 0 aromatic carbocycles. The van der Waals surface area contributed by atoms with Crippen molar-refractivity contribution in [3.05, 3.63) is 0 Å². The van der Waals surface area contributed by atoms with Gasteiger partial charge in [0.25, 0.3) is 0 Å². The third-order valence-electron chi connectivity index (χ3n) is 3.60. The van der Waals surface area contributed by atoms with Crippen LogP contribution >= 0.6 is 0 Å². The van der Waals surface area contributed by atoms with E-state index < -0.39 is 5.54 Å². The second kappa shape index (κ2) is 6.89. The minimum atomic E-state index is -0.796. The van der Waals surface area contributed by atoms with Crippen LogP contribution < -0.4 is 16.4 Å². The van der Waals surface area contributed by atoms with Crippen molar-refractivity contribution in [2.75, 3.05) is 13.1 Å². The van der Waals surface area contributed by atoms with Gasteiger partial charge in [0.2, 0.25) is 11.8 Å². The highest BCUT2D eigenvalue weighted by atomic mass is 16.2. The van der Waals surface area contributed by atoms with E-state index >= 15 is 0 Å². The van der Waals surface area contributed by atoms with Crippen molar-refractivity contribution in [1.82, 2.24) is 10.6 Å². The highest BCUT2D eigenvalue weighted by Gasteiger charge is 2.37. The van der Waals surface area contributed by atoms with Crippen LogP contribution in [0.2, 0.25) is 0 Å². The molecule has 1 aliphatic rings. The lowest BCUT2D eigenvalue weighted by molar-refractivity contribution is -0.130. The lowest BCUT2D eigenvalue weighted by Gasteiger charge is -2.35. The topological polar surface area (TPSA) is 84.2 Å². The Morgan fingerprint density at radius 1 is 1.37 bits per heavy atom. The zero-order valence-electron chi connectivity index (χ0n) is 12.3. The van der Waals surface area contributed by atoms with Crippen molar-refractivity contribution in [2.24, 2.45) is 17.6 Å². The highest BCUT2D eigenvalue weighted by Crippen LogP contribution is 2.30. The molecule has 19 heavy (non-hydrogen) atoms. The zero-order valence-corrected chi connectivity index (χ0v) is 12.3. The van der Waals surface area contributed by atoms with Gasteiger partial charge < -0.3 is 16.4 Å². The summed E-state index contributed by atoms with van der Waals surface area (Å²) < 4.78 is 0. The Hall–Kier alpha value is -1.10. The van der Waals surface area contributed by atoms with Crippen LogP contribution in [0.3, 0.4) is 0 Å². The molecule has 0 heterocycles. The van der Waals surface area contributed by atoms with Crippen LogP contribution in [0.15, 0.2) is 0 Å². The number of carbonyl (C=O) groups excluding carboxylic acids is 2. The maximum Gasteiger partial charge on any atom is 0.240 e. The van der Waals surface area contributed by atoms with E-state index in [2.05, 4.69) is 17.6 Å². The molecule has 1 fully saturated rings. The molecule has 0 aromatic rings. The number of nitrogens with one attached hydrogen (secondary N) is 2. The van der Waals surface area contributed by atoms with E-state index in [1.165, 1.54) is 0 Å². The van der Waals surface area contributed by atoms with Crippen LogP contribution in [0.1, 0.15) is 46.5 Å². The van der Waals surface area contributed by atoms with Crippen molar-refractivity contribution in [3.63, 3.8) is 0 Å². The Kier molecular flexibility index (Phi) is 5.79. The summed E-state index contributed by atoms with van der Waals surface area (Å²) in [4.78, 5) is 23.6. The number of carbonyl (C=O) groups is 2. The summed E-state index contributed by atoms with van der Waals surface area (Å²) in [5.74, 6) is 0.521. The van der Waals surface area contributed by atoms with E-state index in [0.29, 0.717) is 31.2 Å². The Morgan fingerprint density at radius 3 is 2.63 bits per heavy atom. The minimum absolute atomic E-state index is 0.0128. The van der Waals surface area contributed by atoms with Gasteiger partial charge >= 0.3 is 0 Å². The Labute approximate surface area is 115 Å². The van der Waals surface area contributed by atoms with E-state index in [0.717, 1.165) is 12.8 Å². The molecule has 0 spiro atoms. The zero-order chi connectivity index (χ0) is 14.5. The molecule has 5 nitrogen and oxygen atoms in total. The smallest absolute Gasteiger partial charge is 0.240 e. The molecule has 1 aliphatic carbocycles. The average molecular weight is 269 g/mol. The molecule has 110 valence electrons. The van der Waals surface area contributed by atoms with Gasteiger partial charge in [0.15, 0.2) is 0 Å². The van der Waals surface area contributed by atoms with Crippen LogP contribution in [0, 0.1) is 11.8 Å². The molecule has 1 rings (SSSR count). The number of amides is 2. The summed E-state index contributed by atoms with van der Waals surface area (Å²) in [5, 5.41) is 5.43. The van der Waals surface area contributed by atoms with Crippen molar-refractivity contribution < 1.29 is 9.59 Å². The van der Waals surface area contributed by atoms with Crippen LogP contribution in [0.5, 0.6) is 0 Å². The summed E-state index contributed by atoms with van der Waals surface area (Å²) in [6, 6.07) is 0. The van der Waals surface area contributed by atoms with Gasteiger partial charge in [-0.05, 0) is 24.7 Å². The fourth-order valence-corrected chi connectivity index (χ4v) is 2.52. The molecule has 0 radical (unpaired) electrons. The van der Waals surface area contributed by atoms with Gasteiger partial charge in [-0.15, -0.1) is 0 Å². The third-order valence-corrected chi connectivity index (χ3v) is 3.60. The minimum Gasteiger partial charge on any atom is -0.354 e. The van der Waals surface area contributed by atoms with Crippen LogP contribution in [-0.2, 0) is 9.59 Å². The predicted octanol–water partition coefficient (Wildman–Crippen LogP) is 0.782. The summed E-state index contributed by atoms with van der Waals surface area (Å²) in [6.07, 6.45) is 3.51. The first-order valence-electron chi connectivity index (χ1n) is 7.17. The number of hydrogen-bond acceptors (Lipinski definition) is 3. The fourth-order valence-electron chi connectivity index (χ4n) is 2.52. The Morgan fingerprint density at radius 2 is 2.05 bits per heavy atom. The number of rotatable bonds is 5. The van der Waals surface area contributed by atoms with E-state index in [1.54, 1.807) is 0 Å². The number of hydrogen-bond donors (Lipinski definition) is 3. The molecule has 0 bridgehead atoms. The molecule has 0 saturated heterocycles. The molecule has 5 heteroatoms. The number of nitrogens with two attached hydrogens (primary N) is 1. The normalized spacial score (nSPS) is 27.1. The quantitative estimate of drug-likeness (QED) is 0.689. The van der Waals surface area contributed by atoms with Gasteiger partial charge in [0, 0.05) is 6.54 Å². The van der Waals surface area contributed by atoms with E-state index in [4.69, 9.17) is 5.73 Å². The van der Waals surface area contributed by atoms with Gasteiger partial charge in [-0.25, -0.2) is 0 Å². The van der Waals surface area contributed by atoms with E-state index in [1.807, 2.05) is 13.8 Å². The summed E-state index contributed by atoms with van der Waals surface area (Å²) in [5.41, 5.74) is 5.36. The van der Waals surface area contributed by atoms with E-state index in [-0.39, 0.29) is 18.4 Å². The molecule has 2 unspecified atom stereocenters. The lowest BCUT2D eigenvalue weighted by Crippen LogP contribution is -2.57. The largest absolute Gasteiger partial charge is 0.354 e. The van der Waals surface area contributed by atoms with Crippen LogP contribution in [-0.4, -0.2) is 30.4 Å². The monoisotopic (exact) mass is 269 g/mol. The van der Waals surface area contributed by atoms with Crippen molar-refractivity contribution in [1.29, 1.82) is 0 Å². The van der Waals surface area contributed by atoms with Crippen LogP contribution in [0.4, 0.5) is 0 Å². The maximum atomic E-state index is 12.1. The van der Waals surface area contributed by atoms with Gasteiger partial charge in [-0.1, -0.05) is 33.6 Å². The third kappa shape index (κ3) is 5.19. The van der Waals surface area contributed by atoms with Crippen molar-refractivity contribution in [3.8, 4) is 0 Å². The van der Waals surface area contributed by atoms with Gasteiger partial charge in [-0.3, -0.25) is 9.59 Å². The second-order valence-electron chi connectivity index (χ2n) is 6.24. The maximum absolute atomic E-state index is 12.1. The molecular formula is C14H27N3O2. The Balaban J connectivity index is 2.36. The first-order valence-corrected chi connectivity index (χ1v) is 7.17. The highest BCUT2D eigenvalue weighted by molar-refractivity contribution is 5.90. The van der Waals surface area contributed by atoms with Crippen molar-refractivity contribution in [2.45, 2.75) is 52.0 Å². The van der Waals surface area contributed by atoms with E-state index in [9.17, 15) is 9.59 Å². The van der Waals surface area contributed by atoms with Gasteiger partial charge in [0.05, 0.1) is 12.1 Å².